The second kappa shape index (κ2) is 9.27. The predicted octanol–water partition coefficient (Wildman–Crippen LogP) is 2.14. The Kier molecular flexibility index (Phi) is 7.06. The van der Waals surface area contributed by atoms with Crippen LogP contribution in [0.3, 0.4) is 0 Å². The van der Waals surface area contributed by atoms with Crippen LogP contribution in [0.25, 0.3) is 0 Å². The number of ether oxygens (including phenoxy) is 1. The number of urea groups is 1. The van der Waals surface area contributed by atoms with E-state index in [0.717, 1.165) is 18.5 Å². The monoisotopic (exact) mass is 334 g/mol. The molecule has 1 aliphatic heterocycles. The Hall–Kier alpha value is -2.08. The van der Waals surface area contributed by atoms with E-state index in [1.807, 2.05) is 30.3 Å². The highest BCUT2D eigenvalue weighted by molar-refractivity contribution is 5.75. The zero-order chi connectivity index (χ0) is 17.4. The van der Waals surface area contributed by atoms with Gasteiger partial charge in [0.05, 0.1) is 6.61 Å². The Morgan fingerprint density at radius 1 is 1.38 bits per heavy atom. The first kappa shape index (κ1) is 18.3. The Balaban J connectivity index is 1.91. The van der Waals surface area contributed by atoms with E-state index in [0.29, 0.717) is 31.9 Å². The Bertz CT molecular complexity index is 535. The van der Waals surface area contributed by atoms with Crippen molar-refractivity contribution in [2.45, 2.75) is 31.7 Å². The largest absolute Gasteiger partial charge is 0.481 e. The molecule has 0 bridgehead atoms. The first-order valence-electron chi connectivity index (χ1n) is 8.38. The smallest absolute Gasteiger partial charge is 0.317 e. The van der Waals surface area contributed by atoms with Gasteiger partial charge in [-0.1, -0.05) is 30.3 Å². The molecule has 2 amide bonds. The van der Waals surface area contributed by atoms with Crippen LogP contribution in [0.5, 0.6) is 0 Å². The van der Waals surface area contributed by atoms with Gasteiger partial charge >= 0.3 is 12.0 Å². The molecule has 2 atom stereocenters. The second-order valence-electron chi connectivity index (χ2n) is 6.32. The third-order valence-electron chi connectivity index (χ3n) is 4.33. The number of nitrogens with zero attached hydrogens (tertiary/aromatic N) is 1. The Labute approximate surface area is 142 Å². The summed E-state index contributed by atoms with van der Waals surface area (Å²) in [6.07, 6.45) is 2.05. The molecule has 6 nitrogen and oxygen atoms in total. The number of carbonyl (C=O) groups is 2. The van der Waals surface area contributed by atoms with Crippen molar-refractivity contribution in [1.82, 2.24) is 10.2 Å². The molecule has 6 heteroatoms. The number of nitrogens with one attached hydrogen (secondary N) is 1. The van der Waals surface area contributed by atoms with Gasteiger partial charge in [0.2, 0.25) is 0 Å². The lowest BCUT2D eigenvalue weighted by atomic mass is 10.0. The molecule has 24 heavy (non-hydrogen) atoms. The van der Waals surface area contributed by atoms with Crippen molar-refractivity contribution < 1.29 is 19.4 Å². The third kappa shape index (κ3) is 5.85. The van der Waals surface area contributed by atoms with Crippen LogP contribution in [-0.2, 0) is 16.0 Å². The van der Waals surface area contributed by atoms with Gasteiger partial charge in [-0.05, 0) is 24.8 Å². The molecular weight excluding hydrogens is 308 g/mol. The van der Waals surface area contributed by atoms with Crippen molar-refractivity contribution in [3.05, 3.63) is 35.9 Å². The van der Waals surface area contributed by atoms with Crippen LogP contribution in [0.1, 0.15) is 24.8 Å². The van der Waals surface area contributed by atoms with Gasteiger partial charge in [0.1, 0.15) is 0 Å². The van der Waals surface area contributed by atoms with E-state index in [2.05, 4.69) is 5.32 Å². The van der Waals surface area contributed by atoms with E-state index in [1.165, 1.54) is 0 Å². The quantitative estimate of drug-likeness (QED) is 0.763. The van der Waals surface area contributed by atoms with E-state index >= 15 is 0 Å². The summed E-state index contributed by atoms with van der Waals surface area (Å²) >= 11 is 0. The minimum absolute atomic E-state index is 0.0457. The lowest BCUT2D eigenvalue weighted by molar-refractivity contribution is -0.137. The summed E-state index contributed by atoms with van der Waals surface area (Å²) < 4.78 is 5.16. The molecule has 0 aromatic heterocycles. The van der Waals surface area contributed by atoms with Gasteiger partial charge in [0.15, 0.2) is 0 Å². The van der Waals surface area contributed by atoms with Crippen molar-refractivity contribution in [2.75, 3.05) is 26.8 Å². The summed E-state index contributed by atoms with van der Waals surface area (Å²) in [4.78, 5) is 25.1. The maximum absolute atomic E-state index is 12.5. The van der Waals surface area contributed by atoms with Crippen LogP contribution in [0.4, 0.5) is 4.79 Å². The molecule has 1 aromatic rings. The highest BCUT2D eigenvalue weighted by Gasteiger charge is 2.27. The highest BCUT2D eigenvalue weighted by Crippen LogP contribution is 2.17. The fourth-order valence-corrected chi connectivity index (χ4v) is 3.08. The van der Waals surface area contributed by atoms with Crippen molar-refractivity contribution in [2.24, 2.45) is 5.92 Å². The molecule has 1 aromatic carbocycles. The number of aliphatic carboxylic acids is 1. The molecule has 0 aliphatic carbocycles. The fraction of sp³-hybridized carbons (Fsp3) is 0.556. The van der Waals surface area contributed by atoms with Gasteiger partial charge < -0.3 is 20.1 Å². The first-order chi connectivity index (χ1) is 11.6. The Morgan fingerprint density at radius 2 is 2.12 bits per heavy atom. The third-order valence-corrected chi connectivity index (χ3v) is 4.33. The Morgan fingerprint density at radius 3 is 2.79 bits per heavy atom. The SMILES string of the molecule is COCC1CCN(C(=O)NC(CCC(=O)O)Cc2ccccc2)C1. The van der Waals surface area contributed by atoms with Crippen molar-refractivity contribution in [1.29, 1.82) is 0 Å². The number of rotatable bonds is 8. The topological polar surface area (TPSA) is 78.9 Å². The molecule has 1 saturated heterocycles. The molecule has 1 aliphatic rings. The van der Waals surface area contributed by atoms with E-state index in [4.69, 9.17) is 9.84 Å². The summed E-state index contributed by atoms with van der Waals surface area (Å²) in [7, 11) is 1.67. The molecule has 1 fully saturated rings. The number of carboxylic acid groups (broad SMARTS) is 1. The predicted molar refractivity (Wildman–Crippen MR) is 90.9 cm³/mol. The van der Waals surface area contributed by atoms with Crippen molar-refractivity contribution in [3.63, 3.8) is 0 Å². The number of likely N-dealkylation sites (tertiary alicyclic amines) is 1. The number of amides is 2. The van der Waals surface area contributed by atoms with E-state index < -0.39 is 5.97 Å². The molecule has 132 valence electrons. The first-order valence-corrected chi connectivity index (χ1v) is 8.38. The number of carbonyl (C=O) groups excluding carboxylic acids is 1. The lowest BCUT2D eigenvalue weighted by Crippen LogP contribution is -2.45. The van der Waals surface area contributed by atoms with Crippen LogP contribution in [-0.4, -0.2) is 54.9 Å². The van der Waals surface area contributed by atoms with Crippen molar-refractivity contribution >= 4 is 12.0 Å². The summed E-state index contributed by atoms with van der Waals surface area (Å²) in [6, 6.07) is 9.52. The standard InChI is InChI=1S/C18H26N2O4/c1-24-13-15-9-10-20(12-15)18(23)19-16(7-8-17(21)22)11-14-5-3-2-4-6-14/h2-6,15-16H,7-13H2,1H3,(H,19,23)(H,21,22). The summed E-state index contributed by atoms with van der Waals surface area (Å²) in [5.41, 5.74) is 1.09. The van der Waals surface area contributed by atoms with Crippen molar-refractivity contribution in [3.8, 4) is 0 Å². The number of hydrogen-bond acceptors (Lipinski definition) is 3. The second-order valence-corrected chi connectivity index (χ2v) is 6.32. The van der Waals surface area contributed by atoms with Gasteiger partial charge in [0.25, 0.3) is 0 Å². The van der Waals surface area contributed by atoms with Gasteiger partial charge in [0, 0.05) is 38.6 Å². The van der Waals surface area contributed by atoms with Crippen LogP contribution in [0.15, 0.2) is 30.3 Å². The molecule has 2 rings (SSSR count). The number of methoxy groups -OCH3 is 1. The zero-order valence-corrected chi connectivity index (χ0v) is 14.1. The van der Waals surface area contributed by atoms with Gasteiger partial charge in [-0.15, -0.1) is 0 Å². The van der Waals surface area contributed by atoms with Crippen LogP contribution < -0.4 is 5.32 Å². The van der Waals surface area contributed by atoms with E-state index in [9.17, 15) is 9.59 Å². The van der Waals surface area contributed by atoms with Crippen LogP contribution >= 0.6 is 0 Å². The molecule has 1 heterocycles. The van der Waals surface area contributed by atoms with Crippen LogP contribution in [0, 0.1) is 5.92 Å². The lowest BCUT2D eigenvalue weighted by Gasteiger charge is -2.23. The van der Waals surface area contributed by atoms with Gasteiger partial charge in [-0.25, -0.2) is 4.79 Å². The minimum atomic E-state index is -0.844. The van der Waals surface area contributed by atoms with E-state index in [-0.39, 0.29) is 18.5 Å². The number of carboxylic acids is 1. The molecular formula is C18H26N2O4. The normalized spacial score (nSPS) is 18.4. The molecule has 2 unspecified atom stereocenters. The average molecular weight is 334 g/mol. The number of hydrogen-bond donors (Lipinski definition) is 2. The van der Waals surface area contributed by atoms with Gasteiger partial charge in [-0.3, -0.25) is 4.79 Å². The molecule has 0 radical (unpaired) electrons. The molecule has 2 N–H and O–H groups in total. The highest BCUT2D eigenvalue weighted by atomic mass is 16.5. The summed E-state index contributed by atoms with van der Waals surface area (Å²) in [5, 5.41) is 11.9. The zero-order valence-electron chi connectivity index (χ0n) is 14.1. The maximum atomic E-state index is 12.5. The minimum Gasteiger partial charge on any atom is -0.481 e. The summed E-state index contributed by atoms with van der Waals surface area (Å²) in [5.74, 6) is -0.462. The maximum Gasteiger partial charge on any atom is 0.317 e. The summed E-state index contributed by atoms with van der Waals surface area (Å²) in [6.45, 7) is 2.07. The van der Waals surface area contributed by atoms with E-state index in [1.54, 1.807) is 12.0 Å². The molecule has 0 spiro atoms. The average Bonchev–Trinajstić information content (AvgIpc) is 3.03. The van der Waals surface area contributed by atoms with Gasteiger partial charge in [-0.2, -0.15) is 0 Å². The number of benzene rings is 1. The van der Waals surface area contributed by atoms with Crippen LogP contribution in [0.2, 0.25) is 0 Å². The fourth-order valence-electron chi connectivity index (χ4n) is 3.08. The molecule has 0 saturated carbocycles.